The second-order valence-electron chi connectivity index (χ2n) is 4.39. The lowest BCUT2D eigenvalue weighted by atomic mass is 10.2. The summed E-state index contributed by atoms with van der Waals surface area (Å²) >= 11 is 1.38. The van der Waals surface area contributed by atoms with E-state index in [1.807, 2.05) is 36.4 Å². The predicted molar refractivity (Wildman–Crippen MR) is 81.5 cm³/mol. The molecule has 0 saturated heterocycles. The van der Waals surface area contributed by atoms with Gasteiger partial charge >= 0.3 is 0 Å². The van der Waals surface area contributed by atoms with Gasteiger partial charge in [-0.1, -0.05) is 0 Å². The fourth-order valence-corrected chi connectivity index (χ4v) is 3.10. The summed E-state index contributed by atoms with van der Waals surface area (Å²) in [6.45, 7) is 0.0115. The van der Waals surface area contributed by atoms with Crippen LogP contribution in [0.15, 0.2) is 41.5 Å². The van der Waals surface area contributed by atoms with E-state index in [-0.39, 0.29) is 12.1 Å². The van der Waals surface area contributed by atoms with Crippen molar-refractivity contribution in [3.05, 3.63) is 47.0 Å². The second kappa shape index (κ2) is 5.38. The van der Waals surface area contributed by atoms with Gasteiger partial charge in [0.05, 0.1) is 25.0 Å². The Balaban J connectivity index is 2.10. The molecule has 3 rings (SSSR count). The number of aromatic nitrogens is 2. The highest BCUT2D eigenvalue weighted by Gasteiger charge is 2.10. The monoisotopic (exact) mass is 297 g/mol. The number of nitriles is 1. The summed E-state index contributed by atoms with van der Waals surface area (Å²) in [5.74, 6) is 0.786. The van der Waals surface area contributed by atoms with Crippen molar-refractivity contribution in [1.82, 2.24) is 9.55 Å². The minimum Gasteiger partial charge on any atom is -0.497 e. The summed E-state index contributed by atoms with van der Waals surface area (Å²) in [7, 11) is 1.62. The molecule has 0 aliphatic heterocycles. The van der Waals surface area contributed by atoms with Gasteiger partial charge in [0.1, 0.15) is 17.0 Å². The number of nitrogens with zero attached hydrogens (tertiary/aromatic N) is 3. The van der Waals surface area contributed by atoms with Crippen LogP contribution in [0.5, 0.6) is 5.75 Å². The van der Waals surface area contributed by atoms with E-state index in [2.05, 4.69) is 4.98 Å². The van der Waals surface area contributed by atoms with Crippen molar-refractivity contribution in [2.45, 2.75) is 6.54 Å². The molecule has 0 bridgehead atoms. The molecule has 1 aromatic carbocycles. The SMILES string of the molecule is COc1ccc(-c2cc3ncn(CC#N)c(=O)c3s2)cc1. The van der Waals surface area contributed by atoms with Crippen molar-refractivity contribution in [3.63, 3.8) is 0 Å². The second-order valence-corrected chi connectivity index (χ2v) is 5.44. The third kappa shape index (κ3) is 2.39. The highest BCUT2D eigenvalue weighted by Crippen LogP contribution is 2.31. The largest absolute Gasteiger partial charge is 0.497 e. The fraction of sp³-hybridized carbons (Fsp3) is 0.133. The molecule has 0 N–H and O–H groups in total. The van der Waals surface area contributed by atoms with Crippen LogP contribution in [0.3, 0.4) is 0 Å². The first-order valence-electron chi connectivity index (χ1n) is 6.23. The van der Waals surface area contributed by atoms with Crippen LogP contribution < -0.4 is 10.3 Å². The smallest absolute Gasteiger partial charge is 0.272 e. The highest BCUT2D eigenvalue weighted by atomic mass is 32.1. The van der Waals surface area contributed by atoms with Gasteiger partial charge in [-0.2, -0.15) is 5.26 Å². The minimum atomic E-state index is -0.175. The van der Waals surface area contributed by atoms with Crippen molar-refractivity contribution in [2.24, 2.45) is 0 Å². The summed E-state index contributed by atoms with van der Waals surface area (Å²) in [5.41, 5.74) is 1.49. The van der Waals surface area contributed by atoms with E-state index in [4.69, 9.17) is 10.00 Å². The van der Waals surface area contributed by atoms with Gasteiger partial charge in [0.25, 0.3) is 5.56 Å². The molecule has 0 fully saturated rings. The van der Waals surface area contributed by atoms with Gasteiger partial charge in [0, 0.05) is 4.88 Å². The first-order chi connectivity index (χ1) is 10.2. The summed E-state index contributed by atoms with van der Waals surface area (Å²) < 4.78 is 7.02. The Hall–Kier alpha value is -2.65. The quantitative estimate of drug-likeness (QED) is 0.745. The number of ether oxygens (including phenoxy) is 1. The standard InChI is InChI=1S/C15H11N3O2S/c1-20-11-4-2-10(3-5-11)13-8-12-14(21-13)15(19)18(7-6-16)9-17-12/h2-5,8-9H,7H2,1H3. The number of rotatable bonds is 3. The molecule has 104 valence electrons. The zero-order valence-electron chi connectivity index (χ0n) is 11.2. The first-order valence-corrected chi connectivity index (χ1v) is 7.05. The van der Waals surface area contributed by atoms with Crippen molar-refractivity contribution in [1.29, 1.82) is 5.26 Å². The van der Waals surface area contributed by atoms with Crippen LogP contribution in [-0.4, -0.2) is 16.7 Å². The van der Waals surface area contributed by atoms with Crippen LogP contribution in [0, 0.1) is 11.3 Å². The number of thiophene rings is 1. The Morgan fingerprint density at radius 2 is 2.14 bits per heavy atom. The molecule has 0 aliphatic rings. The zero-order valence-corrected chi connectivity index (χ0v) is 12.1. The summed E-state index contributed by atoms with van der Waals surface area (Å²) in [6.07, 6.45) is 1.42. The van der Waals surface area contributed by atoms with Gasteiger partial charge in [-0.25, -0.2) is 4.98 Å². The molecule has 6 heteroatoms. The average Bonchev–Trinajstić information content (AvgIpc) is 2.95. The molecule has 0 unspecified atom stereocenters. The predicted octanol–water partition coefficient (Wildman–Crippen LogP) is 2.66. The van der Waals surface area contributed by atoms with Crippen molar-refractivity contribution in [2.75, 3.05) is 7.11 Å². The highest BCUT2D eigenvalue weighted by molar-refractivity contribution is 7.22. The Labute approximate surface area is 124 Å². The number of fused-ring (bicyclic) bond motifs is 1. The molecule has 0 aliphatic carbocycles. The molecule has 2 aromatic heterocycles. The van der Waals surface area contributed by atoms with E-state index in [1.54, 1.807) is 7.11 Å². The topological polar surface area (TPSA) is 67.9 Å². The Morgan fingerprint density at radius 1 is 1.38 bits per heavy atom. The molecular weight excluding hydrogens is 286 g/mol. The number of methoxy groups -OCH3 is 1. The third-order valence-corrected chi connectivity index (χ3v) is 4.28. The molecule has 3 aromatic rings. The minimum absolute atomic E-state index is 0.0115. The van der Waals surface area contributed by atoms with E-state index in [1.165, 1.54) is 22.2 Å². The molecule has 21 heavy (non-hydrogen) atoms. The normalized spacial score (nSPS) is 10.5. The molecule has 0 saturated carbocycles. The lowest BCUT2D eigenvalue weighted by Gasteiger charge is -2.00. The van der Waals surface area contributed by atoms with Crippen LogP contribution in [0.2, 0.25) is 0 Å². The Kier molecular flexibility index (Phi) is 3.42. The van der Waals surface area contributed by atoms with Gasteiger partial charge in [0.15, 0.2) is 0 Å². The summed E-state index contributed by atoms with van der Waals surface area (Å²) in [4.78, 5) is 17.4. The molecule has 0 spiro atoms. The van der Waals surface area contributed by atoms with Crippen LogP contribution in [0.25, 0.3) is 20.7 Å². The molecule has 0 amide bonds. The number of hydrogen-bond donors (Lipinski definition) is 0. The Morgan fingerprint density at radius 3 is 2.81 bits per heavy atom. The lowest BCUT2D eigenvalue weighted by Crippen LogP contribution is -2.18. The maximum Gasteiger partial charge on any atom is 0.272 e. The van der Waals surface area contributed by atoms with Crippen molar-refractivity contribution >= 4 is 21.6 Å². The maximum absolute atomic E-state index is 12.2. The molecule has 5 nitrogen and oxygen atoms in total. The van der Waals surface area contributed by atoms with Gasteiger partial charge in [0.2, 0.25) is 0 Å². The Bertz CT molecular complexity index is 888. The van der Waals surface area contributed by atoms with E-state index >= 15 is 0 Å². The van der Waals surface area contributed by atoms with E-state index < -0.39 is 0 Å². The van der Waals surface area contributed by atoms with Crippen LogP contribution in [0.4, 0.5) is 0 Å². The van der Waals surface area contributed by atoms with E-state index in [9.17, 15) is 4.79 Å². The van der Waals surface area contributed by atoms with Gasteiger partial charge in [-0.05, 0) is 35.9 Å². The van der Waals surface area contributed by atoms with Crippen LogP contribution in [0.1, 0.15) is 0 Å². The molecular formula is C15H11N3O2S. The number of benzene rings is 1. The third-order valence-electron chi connectivity index (χ3n) is 3.12. The number of hydrogen-bond acceptors (Lipinski definition) is 5. The molecule has 0 radical (unpaired) electrons. The molecule has 0 atom stereocenters. The average molecular weight is 297 g/mol. The van der Waals surface area contributed by atoms with E-state index in [0.717, 1.165) is 16.2 Å². The van der Waals surface area contributed by atoms with Gasteiger partial charge in [-0.3, -0.25) is 9.36 Å². The zero-order chi connectivity index (χ0) is 14.8. The van der Waals surface area contributed by atoms with Crippen molar-refractivity contribution in [3.8, 4) is 22.3 Å². The maximum atomic E-state index is 12.2. The first kappa shape index (κ1) is 13.3. The fourth-order valence-electron chi connectivity index (χ4n) is 2.03. The van der Waals surface area contributed by atoms with Crippen LogP contribution in [-0.2, 0) is 6.54 Å². The summed E-state index contributed by atoms with van der Waals surface area (Å²) in [6, 6.07) is 11.5. The summed E-state index contributed by atoms with van der Waals surface area (Å²) in [5, 5.41) is 8.70. The molecule has 2 heterocycles. The van der Waals surface area contributed by atoms with E-state index in [0.29, 0.717) is 10.2 Å². The van der Waals surface area contributed by atoms with Crippen LogP contribution >= 0.6 is 11.3 Å². The van der Waals surface area contributed by atoms with Gasteiger partial charge < -0.3 is 4.74 Å². The van der Waals surface area contributed by atoms with Gasteiger partial charge in [-0.15, -0.1) is 11.3 Å². The van der Waals surface area contributed by atoms with Crippen molar-refractivity contribution < 1.29 is 4.74 Å². The lowest BCUT2D eigenvalue weighted by molar-refractivity contribution is 0.415.